The third-order valence-corrected chi connectivity index (χ3v) is 3.42. The number of carbonyl (C=O) groups excluding carboxylic acids is 1. The summed E-state index contributed by atoms with van der Waals surface area (Å²) in [6, 6.07) is 7.33. The lowest BCUT2D eigenvalue weighted by Gasteiger charge is -2.10. The van der Waals surface area contributed by atoms with Crippen LogP contribution in [-0.4, -0.2) is 26.9 Å². The molecule has 1 aromatic carbocycles. The standard InChI is InChI=1S/C14H17ClN4O/c1-4-9(2)16-14(20)13-10(3)19(18-17-13)12-7-5-11(15)6-8-12/h5-9H,4H2,1-3H3,(H,16,20). The number of nitrogens with zero attached hydrogens (tertiary/aromatic N) is 3. The van der Waals surface area contributed by atoms with Crippen LogP contribution in [0.15, 0.2) is 24.3 Å². The predicted octanol–water partition coefficient (Wildman–Crippen LogP) is 2.76. The Hall–Kier alpha value is -1.88. The second kappa shape index (κ2) is 6.05. The molecule has 1 N–H and O–H groups in total. The molecule has 1 amide bonds. The molecule has 0 bridgehead atoms. The first-order chi connectivity index (χ1) is 9.52. The van der Waals surface area contributed by atoms with E-state index < -0.39 is 0 Å². The van der Waals surface area contributed by atoms with Crippen molar-refractivity contribution in [1.29, 1.82) is 0 Å². The number of halogens is 1. The Morgan fingerprint density at radius 3 is 2.65 bits per heavy atom. The predicted molar refractivity (Wildman–Crippen MR) is 78.3 cm³/mol. The first-order valence-electron chi connectivity index (χ1n) is 6.52. The lowest BCUT2D eigenvalue weighted by atomic mass is 10.2. The zero-order valence-electron chi connectivity index (χ0n) is 11.7. The molecule has 0 radical (unpaired) electrons. The van der Waals surface area contributed by atoms with Crippen LogP contribution in [0.25, 0.3) is 5.69 Å². The van der Waals surface area contributed by atoms with Crippen LogP contribution < -0.4 is 5.32 Å². The fraction of sp³-hybridized carbons (Fsp3) is 0.357. The lowest BCUT2D eigenvalue weighted by Crippen LogP contribution is -2.32. The number of hydrogen-bond acceptors (Lipinski definition) is 3. The molecular weight excluding hydrogens is 276 g/mol. The highest BCUT2D eigenvalue weighted by molar-refractivity contribution is 6.30. The lowest BCUT2D eigenvalue weighted by molar-refractivity contribution is 0.0933. The molecule has 106 valence electrons. The van der Waals surface area contributed by atoms with Crippen molar-refractivity contribution in [3.63, 3.8) is 0 Å². The monoisotopic (exact) mass is 292 g/mol. The van der Waals surface area contributed by atoms with Gasteiger partial charge in [-0.1, -0.05) is 23.7 Å². The molecule has 1 aromatic heterocycles. The summed E-state index contributed by atoms with van der Waals surface area (Å²) >= 11 is 5.86. The number of aromatic nitrogens is 3. The van der Waals surface area contributed by atoms with Crippen molar-refractivity contribution >= 4 is 17.5 Å². The number of hydrogen-bond donors (Lipinski definition) is 1. The van der Waals surface area contributed by atoms with Crippen molar-refractivity contribution in [3.05, 3.63) is 40.7 Å². The summed E-state index contributed by atoms with van der Waals surface area (Å²) in [5.41, 5.74) is 1.87. The fourth-order valence-electron chi connectivity index (χ4n) is 1.76. The molecule has 1 unspecified atom stereocenters. The van der Waals surface area contributed by atoms with Gasteiger partial charge in [0.1, 0.15) is 0 Å². The van der Waals surface area contributed by atoms with Crippen LogP contribution in [0.3, 0.4) is 0 Å². The van der Waals surface area contributed by atoms with Crippen LogP contribution in [0.4, 0.5) is 0 Å². The molecule has 0 aliphatic heterocycles. The van der Waals surface area contributed by atoms with E-state index in [0.29, 0.717) is 16.4 Å². The number of rotatable bonds is 4. The number of benzene rings is 1. The topological polar surface area (TPSA) is 59.8 Å². The quantitative estimate of drug-likeness (QED) is 0.942. The molecule has 2 rings (SSSR count). The highest BCUT2D eigenvalue weighted by Crippen LogP contribution is 2.15. The van der Waals surface area contributed by atoms with Gasteiger partial charge in [0.25, 0.3) is 5.91 Å². The molecule has 5 nitrogen and oxygen atoms in total. The summed E-state index contributed by atoms with van der Waals surface area (Å²) in [4.78, 5) is 12.1. The van der Waals surface area contributed by atoms with Crippen LogP contribution in [-0.2, 0) is 0 Å². The number of nitrogens with one attached hydrogen (secondary N) is 1. The molecular formula is C14H17ClN4O. The van der Waals surface area contributed by atoms with E-state index in [2.05, 4.69) is 15.6 Å². The maximum atomic E-state index is 12.1. The normalized spacial score (nSPS) is 12.2. The van der Waals surface area contributed by atoms with E-state index in [9.17, 15) is 4.79 Å². The highest BCUT2D eigenvalue weighted by Gasteiger charge is 2.18. The first kappa shape index (κ1) is 14.5. The summed E-state index contributed by atoms with van der Waals surface area (Å²) in [6.07, 6.45) is 0.871. The molecule has 6 heteroatoms. The van der Waals surface area contributed by atoms with Gasteiger partial charge in [-0.2, -0.15) is 0 Å². The van der Waals surface area contributed by atoms with Gasteiger partial charge >= 0.3 is 0 Å². The van der Waals surface area contributed by atoms with Crippen LogP contribution in [0.2, 0.25) is 5.02 Å². The molecule has 1 atom stereocenters. The van der Waals surface area contributed by atoms with E-state index in [1.165, 1.54) is 0 Å². The van der Waals surface area contributed by atoms with Gasteiger partial charge in [-0.05, 0) is 44.5 Å². The molecule has 0 aliphatic carbocycles. The SMILES string of the molecule is CCC(C)NC(=O)c1nnn(-c2ccc(Cl)cc2)c1C. The smallest absolute Gasteiger partial charge is 0.273 e. The summed E-state index contributed by atoms with van der Waals surface area (Å²) < 4.78 is 1.63. The van der Waals surface area contributed by atoms with Gasteiger partial charge in [0, 0.05) is 11.1 Å². The molecule has 0 saturated carbocycles. The maximum Gasteiger partial charge on any atom is 0.273 e. The van der Waals surface area contributed by atoms with Crippen molar-refractivity contribution in [2.45, 2.75) is 33.2 Å². The zero-order chi connectivity index (χ0) is 14.7. The van der Waals surface area contributed by atoms with E-state index in [4.69, 9.17) is 11.6 Å². The van der Waals surface area contributed by atoms with Crippen molar-refractivity contribution in [3.8, 4) is 5.69 Å². The minimum atomic E-state index is -0.197. The Balaban J connectivity index is 2.27. The highest BCUT2D eigenvalue weighted by atomic mass is 35.5. The third kappa shape index (κ3) is 2.99. The molecule has 0 fully saturated rings. The molecule has 0 saturated heterocycles. The Morgan fingerprint density at radius 2 is 2.05 bits per heavy atom. The number of amides is 1. The molecule has 2 aromatic rings. The third-order valence-electron chi connectivity index (χ3n) is 3.17. The maximum absolute atomic E-state index is 12.1. The van der Waals surface area contributed by atoms with Gasteiger partial charge in [0.2, 0.25) is 0 Å². The zero-order valence-corrected chi connectivity index (χ0v) is 12.5. The summed E-state index contributed by atoms with van der Waals surface area (Å²) in [5.74, 6) is -0.197. The summed E-state index contributed by atoms with van der Waals surface area (Å²) in [6.45, 7) is 5.79. The Labute approximate surface area is 122 Å². The van der Waals surface area contributed by atoms with Crippen LogP contribution in [0.1, 0.15) is 36.5 Å². The van der Waals surface area contributed by atoms with Gasteiger partial charge < -0.3 is 5.32 Å². The van der Waals surface area contributed by atoms with E-state index in [1.54, 1.807) is 16.8 Å². The first-order valence-corrected chi connectivity index (χ1v) is 6.89. The van der Waals surface area contributed by atoms with E-state index in [-0.39, 0.29) is 11.9 Å². The fourth-order valence-corrected chi connectivity index (χ4v) is 1.89. The second-order valence-corrected chi connectivity index (χ2v) is 5.13. The van der Waals surface area contributed by atoms with Gasteiger partial charge in [-0.15, -0.1) is 5.10 Å². The van der Waals surface area contributed by atoms with Crippen molar-refractivity contribution in [1.82, 2.24) is 20.3 Å². The average Bonchev–Trinajstić information content (AvgIpc) is 2.81. The van der Waals surface area contributed by atoms with Gasteiger partial charge in [-0.25, -0.2) is 4.68 Å². The van der Waals surface area contributed by atoms with Gasteiger partial charge in [0.05, 0.1) is 11.4 Å². The molecule has 20 heavy (non-hydrogen) atoms. The summed E-state index contributed by atoms with van der Waals surface area (Å²) in [5, 5.41) is 11.5. The van der Waals surface area contributed by atoms with Crippen LogP contribution >= 0.6 is 11.6 Å². The molecule has 0 aliphatic rings. The average molecular weight is 293 g/mol. The van der Waals surface area contributed by atoms with Crippen LogP contribution in [0.5, 0.6) is 0 Å². The minimum Gasteiger partial charge on any atom is -0.348 e. The Bertz CT molecular complexity index is 606. The van der Waals surface area contributed by atoms with Crippen molar-refractivity contribution < 1.29 is 4.79 Å². The van der Waals surface area contributed by atoms with E-state index in [0.717, 1.165) is 12.1 Å². The minimum absolute atomic E-state index is 0.114. The van der Waals surface area contributed by atoms with Gasteiger partial charge in [0.15, 0.2) is 5.69 Å². The number of carbonyl (C=O) groups is 1. The van der Waals surface area contributed by atoms with E-state index in [1.807, 2.05) is 32.9 Å². The van der Waals surface area contributed by atoms with Gasteiger partial charge in [-0.3, -0.25) is 4.79 Å². The van der Waals surface area contributed by atoms with Crippen LogP contribution in [0, 0.1) is 6.92 Å². The van der Waals surface area contributed by atoms with E-state index >= 15 is 0 Å². The Morgan fingerprint density at radius 1 is 1.40 bits per heavy atom. The Kier molecular flexibility index (Phi) is 4.39. The van der Waals surface area contributed by atoms with Crippen molar-refractivity contribution in [2.75, 3.05) is 0 Å². The largest absolute Gasteiger partial charge is 0.348 e. The summed E-state index contributed by atoms with van der Waals surface area (Å²) in [7, 11) is 0. The van der Waals surface area contributed by atoms with Crippen molar-refractivity contribution in [2.24, 2.45) is 0 Å². The second-order valence-electron chi connectivity index (χ2n) is 4.69. The molecule has 0 spiro atoms. The molecule has 1 heterocycles.